The number of benzene rings is 2. The van der Waals surface area contributed by atoms with Crippen LogP contribution < -0.4 is 5.32 Å². The number of amides is 2. The van der Waals surface area contributed by atoms with Crippen LogP contribution in [0.2, 0.25) is 0 Å². The van der Waals surface area contributed by atoms with Gasteiger partial charge in [-0.15, -0.1) is 0 Å². The fourth-order valence-electron chi connectivity index (χ4n) is 3.07. The molecule has 0 radical (unpaired) electrons. The van der Waals surface area contributed by atoms with Crippen molar-refractivity contribution in [1.29, 1.82) is 0 Å². The normalized spacial score (nSPS) is 15.2. The molecular formula is C23H24N2O2S2. The van der Waals surface area contributed by atoms with E-state index in [0.717, 1.165) is 36.1 Å². The molecule has 1 aliphatic rings. The second-order valence-corrected chi connectivity index (χ2v) is 8.65. The lowest BCUT2D eigenvalue weighted by Gasteiger charge is -2.14. The van der Waals surface area contributed by atoms with Crippen molar-refractivity contribution in [1.82, 2.24) is 4.90 Å². The quantitative estimate of drug-likeness (QED) is 0.350. The molecule has 2 aromatic carbocycles. The lowest BCUT2D eigenvalue weighted by Crippen LogP contribution is -2.29. The van der Waals surface area contributed by atoms with E-state index in [2.05, 4.69) is 5.32 Å². The van der Waals surface area contributed by atoms with E-state index in [1.165, 1.54) is 11.8 Å². The number of rotatable bonds is 8. The largest absolute Gasteiger partial charge is 0.326 e. The highest BCUT2D eigenvalue weighted by atomic mass is 32.2. The molecule has 1 fully saturated rings. The molecule has 6 heteroatoms. The molecule has 1 aliphatic heterocycles. The van der Waals surface area contributed by atoms with E-state index in [1.807, 2.05) is 67.6 Å². The van der Waals surface area contributed by atoms with Gasteiger partial charge in [0.15, 0.2) is 0 Å². The second-order valence-electron chi connectivity index (χ2n) is 6.97. The van der Waals surface area contributed by atoms with Gasteiger partial charge in [0.1, 0.15) is 4.32 Å². The van der Waals surface area contributed by atoms with E-state index in [1.54, 1.807) is 4.90 Å². The van der Waals surface area contributed by atoms with Crippen molar-refractivity contribution < 1.29 is 9.59 Å². The van der Waals surface area contributed by atoms with Gasteiger partial charge in [-0.3, -0.25) is 14.5 Å². The highest BCUT2D eigenvalue weighted by Crippen LogP contribution is 2.32. The average molecular weight is 425 g/mol. The van der Waals surface area contributed by atoms with Gasteiger partial charge in [-0.1, -0.05) is 72.9 Å². The molecule has 0 aromatic heterocycles. The van der Waals surface area contributed by atoms with Crippen molar-refractivity contribution in [2.75, 3.05) is 11.9 Å². The van der Waals surface area contributed by atoms with E-state index >= 15 is 0 Å². The molecule has 0 aliphatic carbocycles. The molecule has 0 bridgehead atoms. The zero-order chi connectivity index (χ0) is 20.6. The molecule has 0 unspecified atom stereocenters. The maximum absolute atomic E-state index is 12.6. The lowest BCUT2D eigenvalue weighted by molar-refractivity contribution is -0.122. The first-order chi connectivity index (χ1) is 14.0. The van der Waals surface area contributed by atoms with Gasteiger partial charge in [-0.2, -0.15) is 0 Å². The minimum atomic E-state index is -0.0268. The van der Waals surface area contributed by atoms with Gasteiger partial charge >= 0.3 is 0 Å². The number of anilines is 1. The van der Waals surface area contributed by atoms with Crippen LogP contribution in [0.15, 0.2) is 59.5 Å². The topological polar surface area (TPSA) is 49.4 Å². The van der Waals surface area contributed by atoms with Gasteiger partial charge in [-0.05, 0) is 49.1 Å². The number of hydrogen-bond donors (Lipinski definition) is 1. The Labute approximate surface area is 181 Å². The molecule has 0 saturated carbocycles. The average Bonchev–Trinajstić information content (AvgIpc) is 2.95. The fraction of sp³-hybridized carbons (Fsp3) is 0.261. The monoisotopic (exact) mass is 424 g/mol. The minimum Gasteiger partial charge on any atom is -0.326 e. The van der Waals surface area contributed by atoms with Gasteiger partial charge in [0.25, 0.3) is 5.91 Å². The van der Waals surface area contributed by atoms with Crippen molar-refractivity contribution in [3.8, 4) is 0 Å². The van der Waals surface area contributed by atoms with Crippen LogP contribution in [0.4, 0.5) is 5.69 Å². The molecule has 2 amide bonds. The molecule has 4 nitrogen and oxygen atoms in total. The lowest BCUT2D eigenvalue weighted by atomic mass is 10.1. The summed E-state index contributed by atoms with van der Waals surface area (Å²) in [5, 5.41) is 2.92. The Hall–Kier alpha value is -2.44. The SMILES string of the molecule is Cc1cccc(NC(=O)CCCCCN2C(=O)/C(=C/c3ccccc3)SC2=S)c1. The highest BCUT2D eigenvalue weighted by Gasteiger charge is 2.31. The summed E-state index contributed by atoms with van der Waals surface area (Å²) in [6, 6.07) is 17.5. The summed E-state index contributed by atoms with van der Waals surface area (Å²) in [5.74, 6) is -0.00644. The van der Waals surface area contributed by atoms with Crippen molar-refractivity contribution in [3.63, 3.8) is 0 Å². The molecule has 0 atom stereocenters. The van der Waals surface area contributed by atoms with Crippen LogP contribution in [-0.4, -0.2) is 27.6 Å². The van der Waals surface area contributed by atoms with Crippen LogP contribution in [0.3, 0.4) is 0 Å². The van der Waals surface area contributed by atoms with Gasteiger partial charge in [0, 0.05) is 18.7 Å². The first kappa shape index (κ1) is 21.3. The number of aryl methyl sites for hydroxylation is 1. The summed E-state index contributed by atoms with van der Waals surface area (Å²) < 4.78 is 0.606. The summed E-state index contributed by atoms with van der Waals surface area (Å²) in [4.78, 5) is 27.0. The van der Waals surface area contributed by atoms with Gasteiger partial charge < -0.3 is 5.32 Å². The Bertz CT molecular complexity index is 925. The molecule has 3 rings (SSSR count). The van der Waals surface area contributed by atoms with Crippen LogP contribution >= 0.6 is 24.0 Å². The van der Waals surface area contributed by atoms with Crippen LogP contribution in [0.5, 0.6) is 0 Å². The molecule has 2 aromatic rings. The summed E-state index contributed by atoms with van der Waals surface area (Å²) in [6.45, 7) is 2.59. The molecule has 29 heavy (non-hydrogen) atoms. The first-order valence-electron chi connectivity index (χ1n) is 9.70. The predicted octanol–water partition coefficient (Wildman–Crippen LogP) is 5.40. The molecule has 150 valence electrons. The number of carbonyl (C=O) groups excluding carboxylic acids is 2. The first-order valence-corrected chi connectivity index (χ1v) is 10.9. The summed E-state index contributed by atoms with van der Waals surface area (Å²) in [6.07, 6.45) is 4.83. The smallest absolute Gasteiger partial charge is 0.266 e. The third kappa shape index (κ3) is 6.27. The highest BCUT2D eigenvalue weighted by molar-refractivity contribution is 8.26. The standard InChI is InChI=1S/C23H24N2O2S2/c1-17-9-8-12-19(15-17)24-21(26)13-6-3-7-14-25-22(27)20(29-23(25)28)16-18-10-4-2-5-11-18/h2,4-5,8-12,15-16H,3,6-7,13-14H2,1H3,(H,24,26)/b20-16-. The molecule has 0 spiro atoms. The van der Waals surface area contributed by atoms with Crippen molar-refractivity contribution >= 4 is 51.9 Å². The molecule has 1 saturated heterocycles. The molecule has 1 N–H and O–H groups in total. The van der Waals surface area contributed by atoms with E-state index in [9.17, 15) is 9.59 Å². The van der Waals surface area contributed by atoms with E-state index in [-0.39, 0.29) is 11.8 Å². The predicted molar refractivity (Wildman–Crippen MR) is 125 cm³/mol. The van der Waals surface area contributed by atoms with E-state index in [4.69, 9.17) is 12.2 Å². The fourth-order valence-corrected chi connectivity index (χ4v) is 4.38. The van der Waals surface area contributed by atoms with Crippen molar-refractivity contribution in [2.24, 2.45) is 0 Å². The van der Waals surface area contributed by atoms with Crippen molar-refractivity contribution in [3.05, 3.63) is 70.6 Å². The number of thioether (sulfide) groups is 1. The van der Waals surface area contributed by atoms with E-state index < -0.39 is 0 Å². The number of hydrogen-bond acceptors (Lipinski definition) is 4. The molecule has 1 heterocycles. The summed E-state index contributed by atoms with van der Waals surface area (Å²) in [5.41, 5.74) is 2.94. The van der Waals surface area contributed by atoms with Gasteiger partial charge in [0.05, 0.1) is 4.91 Å². The Morgan fingerprint density at radius 3 is 2.66 bits per heavy atom. The Balaban J connectivity index is 1.40. The summed E-state index contributed by atoms with van der Waals surface area (Å²) in [7, 11) is 0. The zero-order valence-electron chi connectivity index (χ0n) is 16.4. The second kappa shape index (κ2) is 10.4. The van der Waals surface area contributed by atoms with Crippen LogP contribution in [0, 0.1) is 6.92 Å². The number of nitrogens with zero attached hydrogens (tertiary/aromatic N) is 1. The van der Waals surface area contributed by atoms with Crippen molar-refractivity contribution in [2.45, 2.75) is 32.6 Å². The number of thiocarbonyl (C=S) groups is 1. The van der Waals surface area contributed by atoms with Gasteiger partial charge in [0.2, 0.25) is 5.91 Å². The molecular weight excluding hydrogens is 400 g/mol. The minimum absolute atomic E-state index is 0.0204. The van der Waals surface area contributed by atoms with Gasteiger partial charge in [-0.25, -0.2) is 0 Å². The number of unbranched alkanes of at least 4 members (excludes halogenated alkanes) is 2. The Morgan fingerprint density at radius 2 is 1.90 bits per heavy atom. The Kier molecular flexibility index (Phi) is 7.61. The van der Waals surface area contributed by atoms with Crippen LogP contribution in [0.25, 0.3) is 6.08 Å². The number of nitrogens with one attached hydrogen (secondary N) is 1. The van der Waals surface area contributed by atoms with E-state index in [0.29, 0.717) is 22.2 Å². The Morgan fingerprint density at radius 1 is 1.10 bits per heavy atom. The zero-order valence-corrected chi connectivity index (χ0v) is 18.0. The van der Waals surface area contributed by atoms with Crippen LogP contribution in [0.1, 0.15) is 36.8 Å². The third-order valence-corrected chi connectivity index (χ3v) is 5.94. The third-order valence-electron chi connectivity index (χ3n) is 4.56. The van der Waals surface area contributed by atoms with Crippen LogP contribution in [-0.2, 0) is 9.59 Å². The number of carbonyl (C=O) groups is 2. The summed E-state index contributed by atoms with van der Waals surface area (Å²) >= 11 is 6.73. The maximum atomic E-state index is 12.6. The maximum Gasteiger partial charge on any atom is 0.266 e.